The second-order valence-electron chi connectivity index (χ2n) is 28.8. The number of methoxy groups -OCH3 is 5. The van der Waals surface area contributed by atoms with Crippen LogP contribution in [-0.4, -0.2) is 309 Å². The Balaban J connectivity index is 1.65. The third-order valence-corrected chi connectivity index (χ3v) is 19.5. The first kappa shape index (κ1) is 100. The molecular formula is C77H108N4O41. The highest BCUT2D eigenvalue weighted by Gasteiger charge is 2.68. The lowest BCUT2D eigenvalue weighted by Gasteiger charge is -2.55. The molecule has 7 unspecified atom stereocenters. The largest absolute Gasteiger partial charge is 0.496 e. The van der Waals surface area contributed by atoms with Crippen molar-refractivity contribution in [3.8, 4) is 23.0 Å². The lowest BCUT2D eigenvalue weighted by Crippen LogP contribution is -2.75. The lowest BCUT2D eigenvalue weighted by molar-refractivity contribution is -0.401. The molecule has 0 bridgehead atoms. The Hall–Kier alpha value is -10.7. The van der Waals surface area contributed by atoms with Crippen LogP contribution in [0.1, 0.15) is 136 Å². The number of esters is 13. The molecule has 1 aromatic carbocycles. The van der Waals surface area contributed by atoms with E-state index < -0.39 is 293 Å². The summed E-state index contributed by atoms with van der Waals surface area (Å²) in [7, 11) is 6.38. The normalized spacial score (nSPS) is 28.0. The smallest absolute Gasteiger partial charge is 0.367 e. The Kier molecular flexibility index (Phi) is 36.8. The van der Waals surface area contributed by atoms with Crippen molar-refractivity contribution in [1.29, 1.82) is 0 Å². The summed E-state index contributed by atoms with van der Waals surface area (Å²) in [5, 5.41) is 11.0. The molecule has 122 heavy (non-hydrogen) atoms. The first-order chi connectivity index (χ1) is 57.3. The van der Waals surface area contributed by atoms with Crippen LogP contribution in [0, 0.1) is 5.92 Å². The first-order valence-corrected chi connectivity index (χ1v) is 38.5. The molecular weight excluding hydrogens is 1640 g/mol. The molecule has 5 fully saturated rings. The molecule has 4 N–H and O–H groups in total. The van der Waals surface area contributed by atoms with Crippen molar-refractivity contribution in [2.24, 2.45) is 5.92 Å². The summed E-state index contributed by atoms with van der Waals surface area (Å²) in [6, 6.07) is -4.93. The average molecular weight is 1750 g/mol. The van der Waals surface area contributed by atoms with Gasteiger partial charge in [-0.3, -0.25) is 71.9 Å². The van der Waals surface area contributed by atoms with E-state index in [1.807, 2.05) is 0 Å². The van der Waals surface area contributed by atoms with E-state index in [9.17, 15) is 67.1 Å². The van der Waals surface area contributed by atoms with Gasteiger partial charge >= 0.3 is 77.6 Å². The van der Waals surface area contributed by atoms with Crippen molar-refractivity contribution < 1.29 is 195 Å². The number of fused-ring (bicyclic) bond motifs is 1. The number of hydrogen-bond acceptors (Lipinski definition) is 42. The molecule has 5 saturated heterocycles. The Morgan fingerprint density at radius 1 is 0.484 bits per heavy atom. The summed E-state index contributed by atoms with van der Waals surface area (Å²) in [6.07, 6.45) is -36.1. The Labute approximate surface area is 700 Å². The molecule has 682 valence electrons. The molecule has 45 heteroatoms. The maximum atomic E-state index is 15.3. The van der Waals surface area contributed by atoms with Crippen LogP contribution in [0.5, 0.6) is 23.0 Å². The number of Topliss-reactive ketones (excluding diaryl/α,β-unsaturated/α-hetero) is 1. The summed E-state index contributed by atoms with van der Waals surface area (Å²) in [4.78, 5) is 231. The molecule has 0 aromatic heterocycles. The minimum Gasteiger partial charge on any atom is -0.496 e. The molecule has 45 nitrogen and oxygen atoms in total. The highest BCUT2D eigenvalue weighted by atomic mass is 16.8. The fraction of sp³-hybridized carbons (Fsp3) is 0.701. The summed E-state index contributed by atoms with van der Waals surface area (Å²) in [6.45, 7) is 12.0. The summed E-state index contributed by atoms with van der Waals surface area (Å²) in [5.41, 5.74) is 0.398. The molecule has 1 spiro atoms. The third-order valence-electron chi connectivity index (χ3n) is 19.5. The number of ketones is 1. The molecule has 5 aliphatic rings. The molecule has 3 amide bonds. The van der Waals surface area contributed by atoms with E-state index in [2.05, 4.69) is 21.3 Å². The fourth-order valence-electron chi connectivity index (χ4n) is 14.9. The van der Waals surface area contributed by atoms with Gasteiger partial charge in [0.2, 0.25) is 23.5 Å². The fourth-order valence-corrected chi connectivity index (χ4v) is 14.9. The highest BCUT2D eigenvalue weighted by molar-refractivity contribution is 5.87. The Morgan fingerprint density at radius 2 is 0.967 bits per heavy atom. The monoisotopic (exact) mass is 1740 g/mol. The summed E-state index contributed by atoms with van der Waals surface area (Å²) >= 11 is 0. The van der Waals surface area contributed by atoms with Gasteiger partial charge in [-0.25, -0.2) is 9.59 Å². The number of amides is 3. The van der Waals surface area contributed by atoms with Crippen molar-refractivity contribution >= 4 is 101 Å². The number of ether oxygens (including phenoxy) is 24. The predicted molar refractivity (Wildman–Crippen MR) is 399 cm³/mol. The van der Waals surface area contributed by atoms with Crippen molar-refractivity contribution in [1.82, 2.24) is 21.3 Å². The molecule has 5 aliphatic heterocycles. The van der Waals surface area contributed by atoms with Crippen LogP contribution in [-0.2, 0) is 183 Å². The molecule has 0 aliphatic carbocycles. The van der Waals surface area contributed by atoms with Crippen molar-refractivity contribution in [3.63, 3.8) is 0 Å². The number of hydrogen-bond donors (Lipinski definition) is 4. The molecule has 1 aromatic rings. The van der Waals surface area contributed by atoms with Gasteiger partial charge in [0.05, 0.1) is 85.3 Å². The summed E-state index contributed by atoms with van der Waals surface area (Å²) in [5.74, 6) is -24.2. The lowest BCUT2D eigenvalue weighted by atomic mass is 9.86. The number of rotatable bonds is 39. The average Bonchev–Trinajstić information content (AvgIpc) is 0.725. The minimum atomic E-state index is -3.08. The Morgan fingerprint density at radius 3 is 1.42 bits per heavy atom. The zero-order chi connectivity index (χ0) is 91.3. The molecule has 24 atom stereocenters. The number of nitrogens with one attached hydrogen (secondary N) is 4. The molecule has 0 saturated carbocycles. The van der Waals surface area contributed by atoms with Gasteiger partial charge < -0.3 is 135 Å². The van der Waals surface area contributed by atoms with Crippen LogP contribution in [0.2, 0.25) is 0 Å². The van der Waals surface area contributed by atoms with Crippen LogP contribution in [0.3, 0.4) is 0 Å². The van der Waals surface area contributed by atoms with Crippen molar-refractivity contribution in [3.05, 3.63) is 11.6 Å². The van der Waals surface area contributed by atoms with Crippen molar-refractivity contribution in [2.45, 2.75) is 276 Å². The topological polar surface area (TPSA) is 560 Å². The highest BCUT2D eigenvalue weighted by Crippen LogP contribution is 2.49. The molecule has 0 radical (unpaired) electrons. The Bertz CT molecular complexity index is 3990. The van der Waals surface area contributed by atoms with Crippen LogP contribution in [0.15, 0.2) is 6.07 Å². The standard InChI is InChI=1S/C77H108N4O41/c1-22-47(23-48-49(99-17)24-50(100-18)63(102-20)62(48)101-19)61(96)32(2)78-27-53-60(81-35(5)84)68(64(112-43(13)92)57(116-53)31-107-76(74(97)103-21)25-51(108-39(9)88)58(79-33(3)82)69(120-76)65(113-44(14)93)54(110-41(11)90)28-104-36(6)85)118-73-72(115-46(16)95)71-67(56(117-73)30-106-38(8)87)119-75(98)77(122-71)26-52(109-40(10)89)59(80-34(4)83)70(121-77)66(114-45(15)94)55(111-42(12)91)29-105-37(7)86/h24,32,47,51-60,64-73,78H,22-23,25-31H2,1-21H3,(H,79,82)(H,80,83)(H,81,84)/t32-,47?,51-,52-,53+,54-,55-,56?,57?,58-,59-,60?,64+,65-,66-,67+,68-,69?,70?,71+,72?,73+,76-,77+/m1/s1. The van der Waals surface area contributed by atoms with Gasteiger partial charge in [0.25, 0.3) is 11.6 Å². The van der Waals surface area contributed by atoms with Gasteiger partial charge in [-0.15, -0.1) is 0 Å². The van der Waals surface area contributed by atoms with Gasteiger partial charge in [-0.1, -0.05) is 6.92 Å². The quantitative estimate of drug-likeness (QED) is 0.0446. The van der Waals surface area contributed by atoms with E-state index >= 15 is 14.4 Å². The van der Waals surface area contributed by atoms with E-state index in [-0.39, 0.29) is 35.8 Å². The van der Waals surface area contributed by atoms with Gasteiger partial charge in [-0.2, -0.15) is 0 Å². The first-order valence-electron chi connectivity index (χ1n) is 38.5. The van der Waals surface area contributed by atoms with Gasteiger partial charge in [0.15, 0.2) is 66.3 Å². The summed E-state index contributed by atoms with van der Waals surface area (Å²) < 4.78 is 144. The van der Waals surface area contributed by atoms with E-state index in [1.165, 1.54) is 35.4 Å². The van der Waals surface area contributed by atoms with E-state index in [0.717, 1.165) is 104 Å². The zero-order valence-corrected chi connectivity index (χ0v) is 71.4. The SMILES string of the molecule is CCC(Cc1c(OC)cc(OC)c(OC)c1OC)C(=O)[C@@H](C)NC[C@@H]1OC(CO[C@]2(C(=O)OC)C[C@@H](OC(C)=O)[C@@H](NC(C)=O)C([C@H](OC(C)=O)[C@@H](COC(C)=O)OC(C)=O)O2)[C@H](OC(C)=O)[C@H](O[C@@H]2OC(COC(C)=O)[C@@H]3OC(=O)[C@]4(C[C@@H](OC(C)=O)[C@@H](NC(C)=O)C([C@H](OC(C)=O)[C@@H](COC(C)=O)OC(C)=O)O4)O[C@@H]3C2OC(C)=O)C1NC(C)=O. The van der Waals surface area contributed by atoms with E-state index in [4.69, 9.17) is 114 Å². The number of carbonyl (C=O) groups excluding carboxylic acids is 17. The maximum absolute atomic E-state index is 15.3. The van der Waals surface area contributed by atoms with E-state index in [0.29, 0.717) is 5.56 Å². The third kappa shape index (κ3) is 26.4. The van der Waals surface area contributed by atoms with Gasteiger partial charge in [-0.05, 0) is 19.8 Å². The second-order valence-corrected chi connectivity index (χ2v) is 28.8. The zero-order valence-electron chi connectivity index (χ0n) is 71.4. The molecule has 5 heterocycles. The van der Waals surface area contributed by atoms with Gasteiger partial charge in [0.1, 0.15) is 74.4 Å². The van der Waals surface area contributed by atoms with Crippen LogP contribution >= 0.6 is 0 Å². The van der Waals surface area contributed by atoms with Crippen LogP contribution < -0.4 is 40.2 Å². The predicted octanol–water partition coefficient (Wildman–Crippen LogP) is -1.16. The van der Waals surface area contributed by atoms with Gasteiger partial charge in [0, 0.05) is 121 Å². The van der Waals surface area contributed by atoms with Crippen LogP contribution in [0.4, 0.5) is 0 Å². The number of carbonyl (C=O) groups is 17. The van der Waals surface area contributed by atoms with Crippen LogP contribution in [0.25, 0.3) is 0 Å². The molecule has 6 rings (SSSR count). The maximum Gasteiger partial charge on any atom is 0.367 e. The second kappa shape index (κ2) is 44.9. The van der Waals surface area contributed by atoms with E-state index in [1.54, 1.807) is 13.0 Å². The number of benzene rings is 1. The van der Waals surface area contributed by atoms with Crippen molar-refractivity contribution in [2.75, 3.05) is 68.5 Å². The minimum absolute atomic E-state index is 0.0375.